The summed E-state index contributed by atoms with van der Waals surface area (Å²) in [5.74, 6) is -1.24. The van der Waals surface area contributed by atoms with E-state index in [9.17, 15) is 14.4 Å². The maximum atomic E-state index is 12.7. The van der Waals surface area contributed by atoms with Crippen molar-refractivity contribution in [2.24, 2.45) is 5.92 Å². The molecule has 0 aliphatic carbocycles. The first kappa shape index (κ1) is 22.4. The fourth-order valence-corrected chi connectivity index (χ4v) is 4.07. The predicted molar refractivity (Wildman–Crippen MR) is 111 cm³/mol. The van der Waals surface area contributed by atoms with E-state index in [0.29, 0.717) is 29.5 Å². The lowest BCUT2D eigenvalue weighted by Crippen LogP contribution is -2.51. The van der Waals surface area contributed by atoms with Gasteiger partial charge in [-0.2, -0.15) is 0 Å². The third-order valence-corrected chi connectivity index (χ3v) is 5.50. The van der Waals surface area contributed by atoms with Crippen LogP contribution in [-0.4, -0.2) is 67.7 Å². The second-order valence-corrected chi connectivity index (χ2v) is 8.24. The number of ether oxygens (including phenoxy) is 3. The molecule has 2 aliphatic rings. The van der Waals surface area contributed by atoms with E-state index in [4.69, 9.17) is 25.8 Å². The van der Waals surface area contributed by atoms with Crippen LogP contribution >= 0.6 is 11.6 Å². The first-order chi connectivity index (χ1) is 14.2. The number of amides is 2. The van der Waals surface area contributed by atoms with E-state index in [-0.39, 0.29) is 37.0 Å². The molecule has 2 fully saturated rings. The number of anilines is 1. The van der Waals surface area contributed by atoms with Gasteiger partial charge in [0.05, 0.1) is 30.9 Å². The molecule has 0 unspecified atom stereocenters. The molecule has 4 atom stereocenters. The zero-order valence-corrected chi connectivity index (χ0v) is 18.3. The Morgan fingerprint density at radius 2 is 1.87 bits per heavy atom. The minimum absolute atomic E-state index is 0.00103. The molecule has 0 radical (unpaired) electrons. The highest BCUT2D eigenvalue weighted by Gasteiger charge is 2.39. The molecule has 2 heterocycles. The summed E-state index contributed by atoms with van der Waals surface area (Å²) in [6.07, 6.45) is -1.08. The van der Waals surface area contributed by atoms with E-state index in [0.717, 1.165) is 0 Å². The summed E-state index contributed by atoms with van der Waals surface area (Å²) in [5, 5.41) is 0.456. The Morgan fingerprint density at radius 3 is 2.50 bits per heavy atom. The van der Waals surface area contributed by atoms with Crippen molar-refractivity contribution in [2.45, 2.75) is 45.5 Å². The number of carbonyl (C=O) groups excluding carboxylic acids is 3. The molecular weight excluding hydrogens is 412 g/mol. The van der Waals surface area contributed by atoms with E-state index < -0.39 is 18.0 Å². The van der Waals surface area contributed by atoms with Gasteiger partial charge in [-0.3, -0.25) is 14.4 Å². The average Bonchev–Trinajstić information content (AvgIpc) is 3.08. The van der Waals surface area contributed by atoms with E-state index in [2.05, 4.69) is 0 Å². The molecule has 0 spiro atoms. The number of carbonyl (C=O) groups is 3. The second kappa shape index (κ2) is 9.22. The van der Waals surface area contributed by atoms with Gasteiger partial charge in [0.25, 0.3) is 5.91 Å². The van der Waals surface area contributed by atoms with Gasteiger partial charge in [0.2, 0.25) is 5.91 Å². The molecule has 0 bridgehead atoms. The highest BCUT2D eigenvalue weighted by Crippen LogP contribution is 2.35. The van der Waals surface area contributed by atoms with E-state index in [1.165, 1.54) is 12.0 Å². The zero-order chi connectivity index (χ0) is 22.0. The monoisotopic (exact) mass is 438 g/mol. The van der Waals surface area contributed by atoms with Gasteiger partial charge in [-0.25, -0.2) is 0 Å². The smallest absolute Gasteiger partial charge is 0.312 e. The molecule has 2 aliphatic heterocycles. The van der Waals surface area contributed by atoms with Crippen molar-refractivity contribution in [3.8, 4) is 5.75 Å². The van der Waals surface area contributed by atoms with Crippen LogP contribution in [0.2, 0.25) is 5.02 Å². The van der Waals surface area contributed by atoms with Crippen LogP contribution in [0.25, 0.3) is 0 Å². The van der Waals surface area contributed by atoms with Gasteiger partial charge < -0.3 is 24.0 Å². The molecule has 2 amide bonds. The lowest BCUT2D eigenvalue weighted by atomic mass is 10.1. The summed E-state index contributed by atoms with van der Waals surface area (Å²) in [4.78, 5) is 41.0. The van der Waals surface area contributed by atoms with Crippen LogP contribution in [0, 0.1) is 5.92 Å². The van der Waals surface area contributed by atoms with Crippen LogP contribution in [0.15, 0.2) is 18.2 Å². The third-order valence-electron chi connectivity index (χ3n) is 5.26. The average molecular weight is 439 g/mol. The number of benzene rings is 1. The first-order valence-electron chi connectivity index (χ1n) is 9.98. The second-order valence-electron chi connectivity index (χ2n) is 7.80. The topological polar surface area (TPSA) is 85.4 Å². The highest BCUT2D eigenvalue weighted by molar-refractivity contribution is 6.31. The zero-order valence-electron chi connectivity index (χ0n) is 17.6. The molecule has 30 heavy (non-hydrogen) atoms. The number of hydrogen-bond donors (Lipinski definition) is 0. The molecule has 0 aromatic heterocycles. The lowest BCUT2D eigenvalue weighted by Gasteiger charge is -2.36. The largest absolute Gasteiger partial charge is 0.495 e. The normalized spacial score (nSPS) is 25.2. The fourth-order valence-electron chi connectivity index (χ4n) is 3.91. The third kappa shape index (κ3) is 4.87. The molecule has 1 aromatic carbocycles. The Hall–Kier alpha value is -2.32. The maximum Gasteiger partial charge on any atom is 0.312 e. The highest BCUT2D eigenvalue weighted by atomic mass is 35.5. The summed E-state index contributed by atoms with van der Waals surface area (Å²) >= 11 is 6.06. The standard InChI is InChI=1S/C21H27ClN2O6/c1-12-9-23(10-13(2)29-12)20(26)14(3)30-21(27)15-7-19(25)24(11-15)17-8-16(22)5-6-18(17)28-4/h5-6,8,12-15H,7,9-11H2,1-4H3/t12-,13-,14-,15-/m1/s1. The van der Waals surface area contributed by atoms with Crippen molar-refractivity contribution >= 4 is 35.1 Å². The molecule has 0 saturated carbocycles. The van der Waals surface area contributed by atoms with Crippen molar-refractivity contribution in [3.05, 3.63) is 23.2 Å². The van der Waals surface area contributed by atoms with Gasteiger partial charge in [-0.05, 0) is 39.0 Å². The lowest BCUT2D eigenvalue weighted by molar-refractivity contribution is -0.166. The van der Waals surface area contributed by atoms with Crippen LogP contribution in [-0.2, 0) is 23.9 Å². The number of esters is 1. The number of halogens is 1. The molecule has 1 aromatic rings. The van der Waals surface area contributed by atoms with Gasteiger partial charge in [0, 0.05) is 31.1 Å². The van der Waals surface area contributed by atoms with Crippen molar-refractivity contribution < 1.29 is 28.6 Å². The van der Waals surface area contributed by atoms with Gasteiger partial charge in [0.1, 0.15) is 5.75 Å². The molecule has 2 saturated heterocycles. The summed E-state index contributed by atoms with van der Waals surface area (Å²) in [6, 6.07) is 4.96. The first-order valence-corrected chi connectivity index (χ1v) is 10.4. The Morgan fingerprint density at radius 1 is 1.20 bits per heavy atom. The van der Waals surface area contributed by atoms with E-state index >= 15 is 0 Å². The van der Waals surface area contributed by atoms with Crippen LogP contribution in [0.4, 0.5) is 5.69 Å². The summed E-state index contributed by atoms with van der Waals surface area (Å²) in [5.41, 5.74) is 0.505. The van der Waals surface area contributed by atoms with Crippen LogP contribution < -0.4 is 9.64 Å². The van der Waals surface area contributed by atoms with Crippen molar-refractivity contribution in [1.82, 2.24) is 4.90 Å². The van der Waals surface area contributed by atoms with Gasteiger partial charge in [0.15, 0.2) is 6.10 Å². The van der Waals surface area contributed by atoms with E-state index in [1.807, 2.05) is 13.8 Å². The summed E-state index contributed by atoms with van der Waals surface area (Å²) in [6.45, 7) is 6.40. The Bertz CT molecular complexity index is 822. The molecular formula is C21H27ClN2O6. The van der Waals surface area contributed by atoms with Crippen molar-refractivity contribution in [2.75, 3.05) is 31.6 Å². The number of hydrogen-bond acceptors (Lipinski definition) is 6. The Balaban J connectivity index is 1.63. The summed E-state index contributed by atoms with van der Waals surface area (Å²) in [7, 11) is 1.50. The summed E-state index contributed by atoms with van der Waals surface area (Å²) < 4.78 is 16.4. The van der Waals surface area contributed by atoms with Crippen LogP contribution in [0.1, 0.15) is 27.2 Å². The molecule has 9 heteroatoms. The van der Waals surface area contributed by atoms with Gasteiger partial charge in [-0.15, -0.1) is 0 Å². The van der Waals surface area contributed by atoms with Gasteiger partial charge >= 0.3 is 5.97 Å². The Labute approximate surface area is 181 Å². The minimum Gasteiger partial charge on any atom is -0.495 e. The SMILES string of the molecule is COc1ccc(Cl)cc1N1C[C@H](C(=O)O[C@H](C)C(=O)N2C[C@@H](C)O[C@H](C)C2)CC1=O. The maximum absolute atomic E-state index is 12.7. The number of methoxy groups -OCH3 is 1. The Kier molecular flexibility index (Phi) is 6.88. The van der Waals surface area contributed by atoms with Crippen LogP contribution in [0.3, 0.4) is 0 Å². The van der Waals surface area contributed by atoms with Crippen LogP contribution in [0.5, 0.6) is 5.75 Å². The van der Waals surface area contributed by atoms with Gasteiger partial charge in [-0.1, -0.05) is 11.6 Å². The fraction of sp³-hybridized carbons (Fsp3) is 0.571. The van der Waals surface area contributed by atoms with E-state index in [1.54, 1.807) is 30.0 Å². The predicted octanol–water partition coefficient (Wildman–Crippen LogP) is 2.27. The number of morpholine rings is 1. The van der Waals surface area contributed by atoms with Crippen molar-refractivity contribution in [1.29, 1.82) is 0 Å². The number of rotatable bonds is 5. The molecule has 8 nitrogen and oxygen atoms in total. The molecule has 0 N–H and O–H groups in total. The molecule has 164 valence electrons. The quantitative estimate of drug-likeness (QED) is 0.655. The van der Waals surface area contributed by atoms with Crippen molar-refractivity contribution in [3.63, 3.8) is 0 Å². The minimum atomic E-state index is -0.931. The molecule has 3 rings (SSSR count). The number of nitrogens with zero attached hydrogens (tertiary/aromatic N) is 2.